The van der Waals surface area contributed by atoms with Crippen molar-refractivity contribution in [1.29, 1.82) is 0 Å². The summed E-state index contributed by atoms with van der Waals surface area (Å²) in [7, 11) is 1.58. The highest BCUT2D eigenvalue weighted by atomic mass is 19.4. The standard InChI is InChI=1S/C25H26F3N5O3/c1-12(2)23(34)33-8-13-6-14(25(26,27)28)4-5-15(13)20(9-33)32(3)24(35)19-7-18-21(30-19)16-10-36-11-17(16)22(29)31-18/h4-7,12,20,30H,8-11H2,1-3H3,(H2,29,31)/t20-/m0/s1. The Morgan fingerprint density at radius 3 is 2.64 bits per heavy atom. The fourth-order valence-corrected chi connectivity index (χ4v) is 4.97. The van der Waals surface area contributed by atoms with E-state index in [0.717, 1.165) is 23.3 Å². The highest BCUT2D eigenvalue weighted by Crippen LogP contribution is 2.37. The lowest BCUT2D eigenvalue weighted by Crippen LogP contribution is -2.46. The van der Waals surface area contributed by atoms with E-state index in [1.807, 2.05) is 0 Å². The summed E-state index contributed by atoms with van der Waals surface area (Å²) in [6.07, 6.45) is -4.51. The molecule has 36 heavy (non-hydrogen) atoms. The Morgan fingerprint density at radius 1 is 1.22 bits per heavy atom. The minimum absolute atomic E-state index is 0.0521. The molecule has 2 aliphatic rings. The van der Waals surface area contributed by atoms with E-state index in [2.05, 4.69) is 9.97 Å². The van der Waals surface area contributed by atoms with Gasteiger partial charge >= 0.3 is 6.18 Å². The third-order valence-corrected chi connectivity index (χ3v) is 6.91. The first-order valence-electron chi connectivity index (χ1n) is 11.6. The van der Waals surface area contributed by atoms with Crippen molar-refractivity contribution in [3.05, 3.63) is 57.8 Å². The zero-order valence-corrected chi connectivity index (χ0v) is 20.1. The van der Waals surface area contributed by atoms with E-state index in [1.54, 1.807) is 27.0 Å². The maximum Gasteiger partial charge on any atom is 0.416 e. The van der Waals surface area contributed by atoms with Crippen LogP contribution in [0.2, 0.25) is 0 Å². The predicted octanol–water partition coefficient (Wildman–Crippen LogP) is 4.01. The van der Waals surface area contributed by atoms with Gasteiger partial charge in [0.1, 0.15) is 11.5 Å². The molecule has 0 saturated heterocycles. The number of nitrogens with zero attached hydrogens (tertiary/aromatic N) is 3. The number of anilines is 1. The van der Waals surface area contributed by atoms with Gasteiger partial charge in [-0.15, -0.1) is 0 Å². The number of nitrogens with one attached hydrogen (secondary N) is 1. The minimum atomic E-state index is -4.51. The highest BCUT2D eigenvalue weighted by Gasteiger charge is 2.37. The Labute approximate surface area is 205 Å². The van der Waals surface area contributed by atoms with Crippen LogP contribution in [0.25, 0.3) is 11.0 Å². The molecule has 3 aromatic rings. The molecule has 1 atom stereocenters. The average Bonchev–Trinajstić information content (AvgIpc) is 3.48. The van der Waals surface area contributed by atoms with E-state index in [4.69, 9.17) is 10.5 Å². The van der Waals surface area contributed by atoms with Crippen LogP contribution in [-0.2, 0) is 35.5 Å². The molecule has 1 aromatic carbocycles. The topological polar surface area (TPSA) is 105 Å². The Bertz CT molecular complexity index is 1380. The number of halogens is 3. The molecule has 0 fully saturated rings. The SMILES string of the molecule is CC(C)C(=O)N1Cc2cc(C(F)(F)F)ccc2[C@@H](N(C)C(=O)c2cc3nc(N)c4c(c3[nH]2)COC4)C1. The molecule has 0 saturated carbocycles. The molecule has 0 unspecified atom stereocenters. The van der Waals surface area contributed by atoms with Gasteiger partial charge in [-0.3, -0.25) is 9.59 Å². The number of aromatic nitrogens is 2. The zero-order valence-electron chi connectivity index (χ0n) is 20.1. The van der Waals surface area contributed by atoms with Crippen molar-refractivity contribution in [2.45, 2.75) is 45.8 Å². The lowest BCUT2D eigenvalue weighted by molar-refractivity contribution is -0.137. The lowest BCUT2D eigenvalue weighted by atomic mass is 9.91. The first kappa shape index (κ1) is 24.1. The highest BCUT2D eigenvalue weighted by molar-refractivity contribution is 5.98. The van der Waals surface area contributed by atoms with E-state index >= 15 is 0 Å². The van der Waals surface area contributed by atoms with Crippen molar-refractivity contribution in [2.75, 3.05) is 19.3 Å². The van der Waals surface area contributed by atoms with Crippen molar-refractivity contribution < 1.29 is 27.5 Å². The molecule has 5 rings (SSSR count). The van der Waals surface area contributed by atoms with Gasteiger partial charge in [-0.2, -0.15) is 13.2 Å². The van der Waals surface area contributed by atoms with Crippen molar-refractivity contribution in [3.63, 3.8) is 0 Å². The summed E-state index contributed by atoms with van der Waals surface area (Å²) in [5.41, 5.74) is 9.33. The molecular formula is C25H26F3N5O3. The van der Waals surface area contributed by atoms with Gasteiger partial charge in [-0.1, -0.05) is 19.9 Å². The molecule has 0 bridgehead atoms. The molecule has 2 amide bonds. The van der Waals surface area contributed by atoms with Gasteiger partial charge in [0, 0.05) is 37.2 Å². The number of nitrogen functional groups attached to an aromatic ring is 1. The van der Waals surface area contributed by atoms with Crippen molar-refractivity contribution >= 4 is 28.7 Å². The van der Waals surface area contributed by atoms with Gasteiger partial charge in [0.05, 0.1) is 35.9 Å². The number of H-pyrrole nitrogens is 1. The first-order valence-corrected chi connectivity index (χ1v) is 11.6. The number of rotatable bonds is 3. The average molecular weight is 502 g/mol. The number of hydrogen-bond donors (Lipinski definition) is 2. The minimum Gasteiger partial charge on any atom is -0.383 e. The zero-order chi connectivity index (χ0) is 25.9. The van der Waals surface area contributed by atoms with Crippen LogP contribution in [0, 0.1) is 5.92 Å². The van der Waals surface area contributed by atoms with E-state index in [1.165, 1.54) is 15.9 Å². The molecule has 0 aliphatic carbocycles. The van der Waals surface area contributed by atoms with Crippen LogP contribution in [0.1, 0.15) is 58.2 Å². The number of fused-ring (bicyclic) bond motifs is 4. The summed E-state index contributed by atoms with van der Waals surface area (Å²) in [5, 5.41) is 0. The third-order valence-electron chi connectivity index (χ3n) is 6.91. The van der Waals surface area contributed by atoms with E-state index in [0.29, 0.717) is 41.2 Å². The van der Waals surface area contributed by atoms with Crippen LogP contribution in [-0.4, -0.2) is 45.2 Å². The maximum absolute atomic E-state index is 13.6. The normalized spacial score (nSPS) is 17.4. The number of aromatic amines is 1. The second kappa shape index (κ2) is 8.51. The largest absolute Gasteiger partial charge is 0.416 e. The molecule has 2 aliphatic heterocycles. The molecule has 2 aromatic heterocycles. The molecule has 0 radical (unpaired) electrons. The van der Waals surface area contributed by atoms with E-state index in [9.17, 15) is 22.8 Å². The van der Waals surface area contributed by atoms with Crippen LogP contribution in [0.4, 0.5) is 19.0 Å². The number of benzene rings is 1. The molecule has 4 heterocycles. The molecule has 11 heteroatoms. The van der Waals surface area contributed by atoms with Gasteiger partial charge in [0.2, 0.25) is 5.91 Å². The smallest absolute Gasteiger partial charge is 0.383 e. The number of amides is 2. The van der Waals surface area contributed by atoms with Gasteiger partial charge in [-0.05, 0) is 29.3 Å². The van der Waals surface area contributed by atoms with Gasteiger partial charge in [-0.25, -0.2) is 4.98 Å². The monoisotopic (exact) mass is 501 g/mol. The Kier molecular flexibility index (Phi) is 5.70. The summed E-state index contributed by atoms with van der Waals surface area (Å²) < 4.78 is 45.7. The summed E-state index contributed by atoms with van der Waals surface area (Å²) in [6.45, 7) is 4.40. The van der Waals surface area contributed by atoms with Gasteiger partial charge in [0.25, 0.3) is 5.91 Å². The predicted molar refractivity (Wildman–Crippen MR) is 126 cm³/mol. The first-order chi connectivity index (χ1) is 17.0. The van der Waals surface area contributed by atoms with Crippen LogP contribution in [0.15, 0.2) is 24.3 Å². The summed E-state index contributed by atoms with van der Waals surface area (Å²) in [6, 6.07) is 4.46. The second-order valence-electron chi connectivity index (χ2n) is 9.61. The number of alkyl halides is 3. The lowest BCUT2D eigenvalue weighted by Gasteiger charge is -2.40. The van der Waals surface area contributed by atoms with Crippen LogP contribution < -0.4 is 5.73 Å². The fourth-order valence-electron chi connectivity index (χ4n) is 4.97. The molecular weight excluding hydrogens is 475 g/mol. The number of hydrogen-bond acceptors (Lipinski definition) is 5. The van der Waals surface area contributed by atoms with Crippen molar-refractivity contribution in [1.82, 2.24) is 19.8 Å². The number of carbonyl (C=O) groups excluding carboxylic acids is 2. The van der Waals surface area contributed by atoms with Crippen LogP contribution in [0.3, 0.4) is 0 Å². The Hall–Kier alpha value is -3.60. The van der Waals surface area contributed by atoms with E-state index in [-0.39, 0.29) is 36.5 Å². The molecule has 8 nitrogen and oxygen atoms in total. The third kappa shape index (κ3) is 3.97. The number of ether oxygens (including phenoxy) is 1. The fraction of sp³-hybridized carbons (Fsp3) is 0.400. The van der Waals surface area contributed by atoms with E-state index < -0.39 is 17.8 Å². The molecule has 3 N–H and O–H groups in total. The molecule has 0 spiro atoms. The summed E-state index contributed by atoms with van der Waals surface area (Å²) in [4.78, 5) is 36.9. The number of pyridine rings is 1. The molecule has 190 valence electrons. The van der Waals surface area contributed by atoms with Gasteiger partial charge < -0.3 is 25.3 Å². The maximum atomic E-state index is 13.6. The summed E-state index contributed by atoms with van der Waals surface area (Å²) >= 11 is 0. The van der Waals surface area contributed by atoms with Crippen molar-refractivity contribution in [3.8, 4) is 0 Å². The summed E-state index contributed by atoms with van der Waals surface area (Å²) in [5.74, 6) is -0.557. The number of carbonyl (C=O) groups is 2. The van der Waals surface area contributed by atoms with Crippen LogP contribution in [0.5, 0.6) is 0 Å². The Balaban J connectivity index is 1.52. The van der Waals surface area contributed by atoms with Crippen molar-refractivity contribution in [2.24, 2.45) is 5.92 Å². The van der Waals surface area contributed by atoms with Crippen LogP contribution >= 0.6 is 0 Å². The second-order valence-corrected chi connectivity index (χ2v) is 9.61. The number of likely N-dealkylation sites (N-methyl/N-ethyl adjacent to an activating group) is 1. The quantitative estimate of drug-likeness (QED) is 0.565. The van der Waals surface area contributed by atoms with Gasteiger partial charge in [0.15, 0.2) is 0 Å². The Morgan fingerprint density at radius 2 is 1.94 bits per heavy atom. The number of nitrogens with two attached hydrogens (primary N) is 1.